The zero-order valence-electron chi connectivity index (χ0n) is 13.1. The molecule has 118 valence electrons. The van der Waals surface area contributed by atoms with Gasteiger partial charge in [-0.1, -0.05) is 11.8 Å². The molecule has 0 fully saturated rings. The van der Waals surface area contributed by atoms with Gasteiger partial charge >= 0.3 is 21.1 Å². The topological polar surface area (TPSA) is 0 Å². The van der Waals surface area contributed by atoms with Gasteiger partial charge in [0.25, 0.3) is 0 Å². The summed E-state index contributed by atoms with van der Waals surface area (Å²) in [5.74, 6) is 0.488. The largest absolute Gasteiger partial charge is 4.00 e. The average Bonchev–Trinajstić information content (AvgIpc) is 3.29. The quantitative estimate of drug-likeness (QED) is 0.539. The molecule has 0 radical (unpaired) electrons. The van der Waals surface area contributed by atoms with Gasteiger partial charge in [0.05, 0.1) is 0 Å². The third kappa shape index (κ3) is 3.77. The van der Waals surface area contributed by atoms with Crippen LogP contribution < -0.4 is 0 Å². The molecule has 24 heavy (non-hydrogen) atoms. The second-order valence-corrected chi connectivity index (χ2v) is 5.83. The molecular formula is C23H16Pt. The van der Waals surface area contributed by atoms with E-state index in [1.165, 1.54) is 22.3 Å². The summed E-state index contributed by atoms with van der Waals surface area (Å²) < 4.78 is 0. The van der Waals surface area contributed by atoms with Crippen LogP contribution in [0.25, 0.3) is 0 Å². The molecule has 2 aromatic rings. The number of hydrogen-bond acceptors (Lipinski definition) is 0. The Morgan fingerprint density at radius 1 is 0.708 bits per heavy atom. The fraction of sp³-hybridized carbons (Fsp3) is 0.130. The van der Waals surface area contributed by atoms with Gasteiger partial charge in [0.2, 0.25) is 0 Å². The molecule has 2 unspecified atom stereocenters. The molecule has 0 aromatic heterocycles. The van der Waals surface area contributed by atoms with E-state index in [1.54, 1.807) is 0 Å². The van der Waals surface area contributed by atoms with Gasteiger partial charge < -0.3 is 0 Å². The van der Waals surface area contributed by atoms with E-state index < -0.39 is 0 Å². The Labute approximate surface area is 158 Å². The first-order valence-corrected chi connectivity index (χ1v) is 7.93. The van der Waals surface area contributed by atoms with Gasteiger partial charge in [-0.25, -0.2) is 24.3 Å². The van der Waals surface area contributed by atoms with Crippen molar-refractivity contribution in [3.05, 3.63) is 119 Å². The van der Waals surface area contributed by atoms with E-state index in [0.29, 0.717) is 0 Å². The van der Waals surface area contributed by atoms with Crippen LogP contribution in [0.3, 0.4) is 0 Å². The van der Waals surface area contributed by atoms with Crippen LogP contribution in [0.1, 0.15) is 34.1 Å². The van der Waals surface area contributed by atoms with Crippen molar-refractivity contribution in [2.45, 2.75) is 18.3 Å². The Hall–Kier alpha value is -1.91. The van der Waals surface area contributed by atoms with E-state index >= 15 is 0 Å². The minimum Gasteiger partial charge on any atom is -0.267 e. The summed E-state index contributed by atoms with van der Waals surface area (Å²) in [6.45, 7) is 0. The van der Waals surface area contributed by atoms with Crippen molar-refractivity contribution in [3.8, 4) is 0 Å². The number of rotatable bonds is 4. The van der Waals surface area contributed by atoms with Crippen LogP contribution in [-0.4, -0.2) is 0 Å². The van der Waals surface area contributed by atoms with Gasteiger partial charge in [-0.3, -0.25) is 12.2 Å². The summed E-state index contributed by atoms with van der Waals surface area (Å²) in [7, 11) is 0. The maximum Gasteiger partial charge on any atom is 4.00 e. The van der Waals surface area contributed by atoms with Crippen LogP contribution in [0.4, 0.5) is 0 Å². The molecule has 2 aliphatic carbocycles. The molecule has 2 aromatic carbocycles. The first-order valence-electron chi connectivity index (χ1n) is 7.93. The average molecular weight is 487 g/mol. The molecule has 0 saturated heterocycles. The molecule has 0 heterocycles. The molecule has 4 rings (SSSR count). The van der Waals surface area contributed by atoms with Crippen LogP contribution in [0, 0.1) is 24.3 Å². The molecular weight excluding hydrogens is 471 g/mol. The van der Waals surface area contributed by atoms with Crippen LogP contribution in [0.15, 0.2) is 72.9 Å². The predicted molar refractivity (Wildman–Crippen MR) is 92.8 cm³/mol. The minimum absolute atomic E-state index is 0. The molecule has 0 aliphatic heterocycles. The van der Waals surface area contributed by atoms with Crippen molar-refractivity contribution < 1.29 is 21.1 Å². The minimum atomic E-state index is 0. The van der Waals surface area contributed by atoms with Crippen molar-refractivity contribution in [2.24, 2.45) is 0 Å². The van der Waals surface area contributed by atoms with E-state index in [4.69, 9.17) is 0 Å². The van der Waals surface area contributed by atoms with Crippen LogP contribution in [-0.2, 0) is 27.5 Å². The van der Waals surface area contributed by atoms with Crippen molar-refractivity contribution in [1.29, 1.82) is 0 Å². The Balaban J connectivity index is 0.00000169. The van der Waals surface area contributed by atoms with Crippen molar-refractivity contribution in [3.63, 3.8) is 0 Å². The monoisotopic (exact) mass is 487 g/mol. The zero-order chi connectivity index (χ0) is 15.5. The maximum atomic E-state index is 3.53. The molecule has 2 atom stereocenters. The molecule has 0 saturated carbocycles. The molecule has 0 spiro atoms. The second kappa shape index (κ2) is 7.77. The molecule has 1 heteroatoms. The van der Waals surface area contributed by atoms with Gasteiger partial charge in [0.1, 0.15) is 0 Å². The van der Waals surface area contributed by atoms with Crippen molar-refractivity contribution in [1.82, 2.24) is 0 Å². The second-order valence-electron chi connectivity index (χ2n) is 5.83. The van der Waals surface area contributed by atoms with Crippen LogP contribution >= 0.6 is 0 Å². The summed E-state index contributed by atoms with van der Waals surface area (Å²) in [6, 6.07) is 19.8. The number of allylic oxidation sites excluding steroid dienone is 8. The molecule has 0 nitrogen and oxygen atoms in total. The van der Waals surface area contributed by atoms with Gasteiger partial charge in [0, 0.05) is 0 Å². The molecule has 0 bridgehead atoms. The normalized spacial score (nSPS) is 20.5. The Morgan fingerprint density at radius 2 is 1.21 bits per heavy atom. The Kier molecular flexibility index (Phi) is 5.48. The summed E-state index contributed by atoms with van der Waals surface area (Å²) >= 11 is 0. The standard InChI is InChI=1S/C23H16.Pt/c1-2-10-20(9-1)22-13-5-7-18(16-22)15-19-8-6-14-23(17-19)21-11-3-4-12-21;/h1-9,11,13-14,20-21H,15H2;/q-4;+4. The summed E-state index contributed by atoms with van der Waals surface area (Å²) in [5.41, 5.74) is 4.75. The first-order chi connectivity index (χ1) is 11.4. The van der Waals surface area contributed by atoms with E-state index in [2.05, 4.69) is 72.8 Å². The maximum absolute atomic E-state index is 3.53. The fourth-order valence-electron chi connectivity index (χ4n) is 3.00. The van der Waals surface area contributed by atoms with E-state index in [9.17, 15) is 0 Å². The summed E-state index contributed by atoms with van der Waals surface area (Å²) in [6.07, 6.45) is 19.8. The molecule has 2 aliphatic rings. The zero-order valence-corrected chi connectivity index (χ0v) is 15.4. The molecule has 0 N–H and O–H groups in total. The third-order valence-corrected chi connectivity index (χ3v) is 4.16. The van der Waals surface area contributed by atoms with E-state index in [1.807, 2.05) is 24.3 Å². The van der Waals surface area contributed by atoms with Gasteiger partial charge in [-0.05, 0) is 6.42 Å². The SMILES string of the molecule is [C-]1=CC=CC1c1[c-]c(Cc2[c-]c(C3[C-]=CC=C3)ccc2)ccc1.[Pt+4]. The summed E-state index contributed by atoms with van der Waals surface area (Å²) in [4.78, 5) is 0. The third-order valence-electron chi connectivity index (χ3n) is 4.16. The predicted octanol–water partition coefficient (Wildman–Crippen LogP) is 4.90. The smallest absolute Gasteiger partial charge is 0.267 e. The number of hydrogen-bond donors (Lipinski definition) is 0. The van der Waals surface area contributed by atoms with E-state index in [-0.39, 0.29) is 32.9 Å². The van der Waals surface area contributed by atoms with E-state index in [0.717, 1.165) is 6.42 Å². The van der Waals surface area contributed by atoms with Gasteiger partial charge in [-0.2, -0.15) is 82.9 Å². The Morgan fingerprint density at radius 3 is 1.62 bits per heavy atom. The molecule has 0 amide bonds. The van der Waals surface area contributed by atoms with Crippen LogP contribution in [0.2, 0.25) is 0 Å². The fourth-order valence-corrected chi connectivity index (χ4v) is 3.00. The first kappa shape index (κ1) is 16.9. The van der Waals surface area contributed by atoms with Crippen LogP contribution in [0.5, 0.6) is 0 Å². The summed E-state index contributed by atoms with van der Waals surface area (Å²) in [5, 5.41) is 0. The van der Waals surface area contributed by atoms with Gasteiger partial charge in [0.15, 0.2) is 0 Å². The van der Waals surface area contributed by atoms with Gasteiger partial charge in [-0.15, -0.1) is 0 Å². The Bertz CT molecular complexity index is 730. The number of benzene rings is 2. The van der Waals surface area contributed by atoms with Crippen molar-refractivity contribution in [2.75, 3.05) is 0 Å². The van der Waals surface area contributed by atoms with Crippen molar-refractivity contribution >= 4 is 0 Å².